The molecule has 1 aromatic rings. The molecule has 0 unspecified atom stereocenters. The summed E-state index contributed by atoms with van der Waals surface area (Å²) >= 11 is 0. The Hall–Kier alpha value is -2.02. The van der Waals surface area contributed by atoms with Crippen molar-refractivity contribution in [1.82, 2.24) is 0 Å². The van der Waals surface area contributed by atoms with Crippen LogP contribution in [0.25, 0.3) is 0 Å². The highest BCUT2D eigenvalue weighted by atomic mass is 19.1. The molecule has 0 fully saturated rings. The minimum absolute atomic E-state index is 0.189. The number of aromatic hydroxyl groups is 1. The van der Waals surface area contributed by atoms with Crippen molar-refractivity contribution in [1.29, 1.82) is 0 Å². The van der Waals surface area contributed by atoms with Crippen molar-refractivity contribution in [2.75, 3.05) is 0 Å². The molecule has 4 heteroatoms. The zero-order valence-electron chi connectivity index (χ0n) is 8.70. The third kappa shape index (κ3) is 2.99. The van der Waals surface area contributed by atoms with Gasteiger partial charge in [-0.1, -0.05) is 12.0 Å². The summed E-state index contributed by atoms with van der Waals surface area (Å²) in [5.74, 6) is 2.64. The van der Waals surface area contributed by atoms with Gasteiger partial charge in [-0.15, -0.1) is 5.92 Å². The Balaban J connectivity index is 3.08. The van der Waals surface area contributed by atoms with E-state index in [2.05, 4.69) is 11.8 Å². The lowest BCUT2D eigenvalue weighted by molar-refractivity contribution is -0.137. The molecule has 0 heterocycles. The number of rotatable bonds is 3. The van der Waals surface area contributed by atoms with E-state index in [1.807, 2.05) is 0 Å². The van der Waals surface area contributed by atoms with Crippen molar-refractivity contribution in [3.05, 3.63) is 29.6 Å². The van der Waals surface area contributed by atoms with E-state index >= 15 is 0 Å². The molecule has 0 aliphatic heterocycles. The molecule has 0 amide bonds. The van der Waals surface area contributed by atoms with Gasteiger partial charge in [0.05, 0.1) is 12.3 Å². The van der Waals surface area contributed by atoms with Gasteiger partial charge in [0.25, 0.3) is 0 Å². The second kappa shape index (κ2) is 5.17. The molecule has 16 heavy (non-hydrogen) atoms. The standard InChI is InChI=1S/C12H11FO3/c1-2-3-8(6-12(15)16)10-5-4-9(14)7-11(10)13/h4-5,7-8,14H,6H2,1H3,(H,15,16)/t8-/m0/s1. The Morgan fingerprint density at radius 3 is 2.75 bits per heavy atom. The smallest absolute Gasteiger partial charge is 0.304 e. The molecule has 0 bridgehead atoms. The number of carboxylic acid groups (broad SMARTS) is 1. The fourth-order valence-corrected chi connectivity index (χ4v) is 1.39. The zero-order chi connectivity index (χ0) is 12.1. The van der Waals surface area contributed by atoms with Gasteiger partial charge >= 0.3 is 5.97 Å². The number of phenolic OH excluding ortho intramolecular Hbond substituents is 1. The van der Waals surface area contributed by atoms with Crippen LogP contribution in [0.5, 0.6) is 5.75 Å². The molecule has 84 valence electrons. The maximum absolute atomic E-state index is 13.5. The Morgan fingerprint density at radius 2 is 2.25 bits per heavy atom. The molecule has 0 aliphatic carbocycles. The molecule has 0 aromatic heterocycles. The monoisotopic (exact) mass is 222 g/mol. The van der Waals surface area contributed by atoms with E-state index in [0.717, 1.165) is 6.07 Å². The summed E-state index contributed by atoms with van der Waals surface area (Å²) in [6.07, 6.45) is -0.261. The second-order valence-electron chi connectivity index (χ2n) is 3.25. The highest BCUT2D eigenvalue weighted by molar-refractivity contribution is 5.69. The van der Waals surface area contributed by atoms with Crippen molar-refractivity contribution >= 4 is 5.97 Å². The Labute approximate surface area is 92.5 Å². The van der Waals surface area contributed by atoms with E-state index in [1.54, 1.807) is 6.92 Å². The van der Waals surface area contributed by atoms with Gasteiger partial charge in [0, 0.05) is 11.6 Å². The number of phenols is 1. The Kier molecular flexibility index (Phi) is 3.90. The summed E-state index contributed by atoms with van der Waals surface area (Å²) in [6.45, 7) is 1.56. The van der Waals surface area contributed by atoms with E-state index < -0.39 is 17.7 Å². The van der Waals surface area contributed by atoms with Crippen molar-refractivity contribution in [3.63, 3.8) is 0 Å². The van der Waals surface area contributed by atoms with Gasteiger partial charge in [-0.25, -0.2) is 4.39 Å². The van der Waals surface area contributed by atoms with Gasteiger partial charge in [0.2, 0.25) is 0 Å². The highest BCUT2D eigenvalue weighted by Crippen LogP contribution is 2.24. The first kappa shape index (κ1) is 12.1. The number of hydrogen-bond donors (Lipinski definition) is 2. The predicted molar refractivity (Wildman–Crippen MR) is 56.5 cm³/mol. The SMILES string of the molecule is CC#C[C@@H](CC(=O)O)c1ccc(O)cc1F. The van der Waals surface area contributed by atoms with Crippen LogP contribution >= 0.6 is 0 Å². The first-order valence-electron chi connectivity index (χ1n) is 4.67. The first-order valence-corrected chi connectivity index (χ1v) is 4.67. The maximum Gasteiger partial charge on any atom is 0.304 e. The Bertz CT molecular complexity index is 457. The molecule has 1 atom stereocenters. The summed E-state index contributed by atoms with van der Waals surface area (Å²) in [5.41, 5.74) is 0.189. The molecule has 0 saturated carbocycles. The van der Waals surface area contributed by atoms with Gasteiger partial charge < -0.3 is 10.2 Å². The van der Waals surface area contributed by atoms with E-state index in [1.165, 1.54) is 12.1 Å². The number of carboxylic acids is 1. The summed E-state index contributed by atoms with van der Waals surface area (Å²) in [5, 5.41) is 17.7. The van der Waals surface area contributed by atoms with Gasteiger partial charge in [0.1, 0.15) is 11.6 Å². The summed E-state index contributed by atoms with van der Waals surface area (Å²) < 4.78 is 13.5. The minimum Gasteiger partial charge on any atom is -0.508 e. The van der Waals surface area contributed by atoms with Crippen LogP contribution in [0.2, 0.25) is 0 Å². The molecule has 3 nitrogen and oxygen atoms in total. The van der Waals surface area contributed by atoms with Crippen molar-refractivity contribution in [2.24, 2.45) is 0 Å². The predicted octanol–water partition coefficient (Wildman–Crippen LogP) is 2.11. The van der Waals surface area contributed by atoms with Gasteiger partial charge in [0.15, 0.2) is 0 Å². The normalized spacial score (nSPS) is 11.4. The summed E-state index contributed by atoms with van der Waals surface area (Å²) in [7, 11) is 0. The largest absolute Gasteiger partial charge is 0.508 e. The molecule has 1 rings (SSSR count). The minimum atomic E-state index is -1.04. The van der Waals surface area contributed by atoms with E-state index in [-0.39, 0.29) is 17.7 Å². The molecule has 0 radical (unpaired) electrons. The lowest BCUT2D eigenvalue weighted by Gasteiger charge is -2.09. The lowest BCUT2D eigenvalue weighted by Crippen LogP contribution is -2.06. The first-order chi connectivity index (χ1) is 7.54. The molecule has 2 N–H and O–H groups in total. The molecule has 0 spiro atoms. The van der Waals surface area contributed by atoms with Gasteiger partial charge in [-0.3, -0.25) is 4.79 Å². The zero-order valence-corrected chi connectivity index (χ0v) is 8.70. The number of carbonyl (C=O) groups is 1. The van der Waals surface area contributed by atoms with Crippen molar-refractivity contribution in [3.8, 4) is 17.6 Å². The Morgan fingerprint density at radius 1 is 1.56 bits per heavy atom. The van der Waals surface area contributed by atoms with Crippen LogP contribution < -0.4 is 0 Å². The van der Waals surface area contributed by atoms with Gasteiger partial charge in [-0.05, 0) is 13.0 Å². The third-order valence-electron chi connectivity index (χ3n) is 2.06. The molecular weight excluding hydrogens is 211 g/mol. The van der Waals surface area contributed by atoms with Crippen LogP contribution in [-0.4, -0.2) is 16.2 Å². The van der Waals surface area contributed by atoms with Crippen LogP contribution in [0.1, 0.15) is 24.8 Å². The van der Waals surface area contributed by atoms with Crippen LogP contribution in [0, 0.1) is 17.7 Å². The highest BCUT2D eigenvalue weighted by Gasteiger charge is 2.17. The van der Waals surface area contributed by atoms with Crippen LogP contribution in [0.4, 0.5) is 4.39 Å². The lowest BCUT2D eigenvalue weighted by atomic mass is 9.95. The fourth-order valence-electron chi connectivity index (χ4n) is 1.39. The van der Waals surface area contributed by atoms with Crippen molar-refractivity contribution in [2.45, 2.75) is 19.3 Å². The van der Waals surface area contributed by atoms with Crippen LogP contribution in [0.3, 0.4) is 0 Å². The van der Waals surface area contributed by atoms with Crippen molar-refractivity contribution < 1.29 is 19.4 Å². The van der Waals surface area contributed by atoms with Gasteiger partial charge in [-0.2, -0.15) is 0 Å². The van der Waals surface area contributed by atoms with E-state index in [4.69, 9.17) is 10.2 Å². The second-order valence-corrected chi connectivity index (χ2v) is 3.25. The molecule has 0 saturated heterocycles. The number of hydrogen-bond acceptors (Lipinski definition) is 2. The topological polar surface area (TPSA) is 57.5 Å². The molecule has 1 aromatic carbocycles. The van der Waals surface area contributed by atoms with Crippen LogP contribution in [-0.2, 0) is 4.79 Å². The quantitative estimate of drug-likeness (QED) is 0.770. The maximum atomic E-state index is 13.5. The van der Waals surface area contributed by atoms with E-state index in [9.17, 15) is 9.18 Å². The number of aliphatic carboxylic acids is 1. The third-order valence-corrected chi connectivity index (χ3v) is 2.06. The van der Waals surface area contributed by atoms with Crippen LogP contribution in [0.15, 0.2) is 18.2 Å². The molecule has 0 aliphatic rings. The van der Waals surface area contributed by atoms with E-state index in [0.29, 0.717) is 0 Å². The number of benzene rings is 1. The average molecular weight is 222 g/mol. The fraction of sp³-hybridized carbons (Fsp3) is 0.250. The number of halogens is 1. The summed E-state index contributed by atoms with van der Waals surface area (Å²) in [4.78, 5) is 10.6. The molecular formula is C12H11FO3. The average Bonchev–Trinajstić information content (AvgIpc) is 2.16. The summed E-state index contributed by atoms with van der Waals surface area (Å²) in [6, 6.07) is 3.61.